The molecule has 0 bridgehead atoms. The fourth-order valence-electron chi connectivity index (χ4n) is 1.81. The second-order valence-electron chi connectivity index (χ2n) is 4.14. The summed E-state index contributed by atoms with van der Waals surface area (Å²) in [5.41, 5.74) is 1.58. The molecule has 1 aromatic carbocycles. The molecule has 100 valence electrons. The van der Waals surface area contributed by atoms with Gasteiger partial charge in [0.2, 0.25) is 6.10 Å². The third-order valence-corrected chi connectivity index (χ3v) is 2.86. The lowest BCUT2D eigenvalue weighted by Crippen LogP contribution is -2.29. The Kier molecular flexibility index (Phi) is 3.79. The van der Waals surface area contributed by atoms with Gasteiger partial charge in [0.05, 0.1) is 0 Å². The van der Waals surface area contributed by atoms with Crippen LogP contribution in [0.5, 0.6) is 0 Å². The summed E-state index contributed by atoms with van der Waals surface area (Å²) in [6.07, 6.45) is -0.107. The lowest BCUT2D eigenvalue weighted by atomic mass is 10.1. The third-order valence-electron chi connectivity index (χ3n) is 2.86. The summed E-state index contributed by atoms with van der Waals surface area (Å²) in [6.45, 7) is 1.99. The van der Waals surface area contributed by atoms with Gasteiger partial charge in [0.1, 0.15) is 0 Å². The van der Waals surface area contributed by atoms with E-state index in [1.54, 1.807) is 6.07 Å². The number of hydrogen-bond acceptors (Lipinski definition) is 4. The number of para-hydroxylation sites is 1. The van der Waals surface area contributed by atoms with Gasteiger partial charge in [0, 0.05) is 12.1 Å². The quantitative estimate of drug-likeness (QED) is 0.858. The molecule has 1 amide bonds. The van der Waals surface area contributed by atoms with Crippen molar-refractivity contribution in [1.82, 2.24) is 0 Å². The maximum Gasteiger partial charge on any atom is 0.353 e. The molecular weight excluding hydrogens is 248 g/mol. The van der Waals surface area contributed by atoms with Crippen molar-refractivity contribution in [2.45, 2.75) is 25.9 Å². The first-order chi connectivity index (χ1) is 9.11. The van der Waals surface area contributed by atoms with Crippen molar-refractivity contribution in [2.24, 2.45) is 5.16 Å². The van der Waals surface area contributed by atoms with E-state index >= 15 is 0 Å². The van der Waals surface area contributed by atoms with Crippen LogP contribution in [0.1, 0.15) is 18.9 Å². The Bertz CT molecular complexity index is 539. The maximum absolute atomic E-state index is 11.9. The molecule has 6 nitrogen and oxygen atoms in total. The monoisotopic (exact) mass is 262 g/mol. The van der Waals surface area contributed by atoms with Gasteiger partial charge in [0.15, 0.2) is 5.71 Å². The predicted molar refractivity (Wildman–Crippen MR) is 69.0 cm³/mol. The van der Waals surface area contributed by atoms with Gasteiger partial charge in [-0.15, -0.1) is 0 Å². The molecule has 2 rings (SSSR count). The highest BCUT2D eigenvalue weighted by molar-refractivity contribution is 6.36. The van der Waals surface area contributed by atoms with E-state index in [-0.39, 0.29) is 18.0 Å². The van der Waals surface area contributed by atoms with Gasteiger partial charge in [-0.2, -0.15) is 0 Å². The van der Waals surface area contributed by atoms with Gasteiger partial charge in [-0.05, 0) is 18.1 Å². The topological polar surface area (TPSA) is 88.0 Å². The van der Waals surface area contributed by atoms with Crippen molar-refractivity contribution in [3.8, 4) is 0 Å². The number of oxime groups is 1. The molecule has 0 spiro atoms. The number of anilines is 1. The summed E-state index contributed by atoms with van der Waals surface area (Å²) in [6, 6.07) is 7.44. The van der Waals surface area contributed by atoms with E-state index < -0.39 is 12.1 Å². The summed E-state index contributed by atoms with van der Waals surface area (Å²) < 4.78 is 0. The van der Waals surface area contributed by atoms with Crippen LogP contribution in [0.15, 0.2) is 29.4 Å². The minimum atomic E-state index is -1.16. The molecule has 0 aromatic heterocycles. The SMILES string of the molecule is CCc1ccccc1NC(=O)C1CC(C(=O)O)=NO1. The number of rotatable bonds is 4. The number of aryl methyl sites for hydroxylation is 1. The number of carbonyl (C=O) groups is 2. The van der Waals surface area contributed by atoms with E-state index in [9.17, 15) is 9.59 Å². The van der Waals surface area contributed by atoms with Gasteiger partial charge >= 0.3 is 5.97 Å². The molecule has 1 aliphatic rings. The fraction of sp³-hybridized carbons (Fsp3) is 0.308. The summed E-state index contributed by atoms with van der Waals surface area (Å²) in [7, 11) is 0. The Labute approximate surface area is 110 Å². The molecule has 0 fully saturated rings. The molecular formula is C13H14N2O4. The molecule has 19 heavy (non-hydrogen) atoms. The number of carboxylic acids is 1. The molecule has 0 saturated carbocycles. The molecule has 1 aliphatic heterocycles. The highest BCUT2D eigenvalue weighted by Gasteiger charge is 2.31. The lowest BCUT2D eigenvalue weighted by molar-refractivity contribution is -0.129. The van der Waals surface area contributed by atoms with Gasteiger partial charge < -0.3 is 15.3 Å². The van der Waals surface area contributed by atoms with E-state index in [2.05, 4.69) is 10.5 Å². The number of benzene rings is 1. The average Bonchev–Trinajstić information content (AvgIpc) is 2.89. The van der Waals surface area contributed by atoms with Crippen LogP contribution in [0.2, 0.25) is 0 Å². The molecule has 0 saturated heterocycles. The molecule has 1 atom stereocenters. The van der Waals surface area contributed by atoms with Crippen LogP contribution in [0.25, 0.3) is 0 Å². The number of carboxylic acid groups (broad SMARTS) is 1. The standard InChI is InChI=1S/C13H14N2O4/c1-2-8-5-3-4-6-9(8)14-12(16)11-7-10(13(17)18)15-19-11/h3-6,11H,2,7H2,1H3,(H,14,16)(H,17,18). The number of carbonyl (C=O) groups excluding carboxylic acids is 1. The van der Waals surface area contributed by atoms with Crippen LogP contribution >= 0.6 is 0 Å². The first kappa shape index (κ1) is 13.1. The number of nitrogens with zero attached hydrogens (tertiary/aromatic N) is 1. The predicted octanol–water partition coefficient (Wildman–Crippen LogP) is 1.42. The highest BCUT2D eigenvalue weighted by Crippen LogP contribution is 2.18. The van der Waals surface area contributed by atoms with Crippen molar-refractivity contribution < 1.29 is 19.5 Å². The normalized spacial score (nSPS) is 17.5. The van der Waals surface area contributed by atoms with E-state index in [1.807, 2.05) is 25.1 Å². The summed E-state index contributed by atoms with van der Waals surface area (Å²) >= 11 is 0. The van der Waals surface area contributed by atoms with Gasteiger partial charge in [-0.3, -0.25) is 4.79 Å². The second kappa shape index (κ2) is 5.51. The first-order valence-electron chi connectivity index (χ1n) is 5.96. The summed E-state index contributed by atoms with van der Waals surface area (Å²) in [5.74, 6) is -1.55. The third kappa shape index (κ3) is 2.90. The van der Waals surface area contributed by atoms with Crippen LogP contribution in [0.3, 0.4) is 0 Å². The smallest absolute Gasteiger partial charge is 0.353 e. The van der Waals surface area contributed by atoms with Crippen LogP contribution in [0, 0.1) is 0 Å². The average molecular weight is 262 g/mol. The lowest BCUT2D eigenvalue weighted by Gasteiger charge is -2.12. The largest absolute Gasteiger partial charge is 0.477 e. The minimum absolute atomic E-state index is 0.0184. The number of nitrogens with one attached hydrogen (secondary N) is 1. The van der Waals surface area contributed by atoms with Crippen LogP contribution in [-0.4, -0.2) is 28.8 Å². The molecule has 1 aromatic rings. The first-order valence-corrected chi connectivity index (χ1v) is 5.96. The van der Waals surface area contributed by atoms with Crippen LogP contribution in [0.4, 0.5) is 5.69 Å². The fourth-order valence-corrected chi connectivity index (χ4v) is 1.81. The van der Waals surface area contributed by atoms with Crippen molar-refractivity contribution in [1.29, 1.82) is 0 Å². The highest BCUT2D eigenvalue weighted by atomic mass is 16.6. The van der Waals surface area contributed by atoms with Crippen LogP contribution in [-0.2, 0) is 20.8 Å². The van der Waals surface area contributed by atoms with Crippen molar-refractivity contribution >= 4 is 23.3 Å². The van der Waals surface area contributed by atoms with Gasteiger partial charge in [0.25, 0.3) is 5.91 Å². The van der Waals surface area contributed by atoms with E-state index in [4.69, 9.17) is 9.94 Å². The molecule has 0 radical (unpaired) electrons. The molecule has 1 heterocycles. The molecule has 1 unspecified atom stereocenters. The number of amides is 1. The zero-order valence-electron chi connectivity index (χ0n) is 10.4. The van der Waals surface area contributed by atoms with Gasteiger partial charge in [-0.25, -0.2) is 4.79 Å². The zero-order chi connectivity index (χ0) is 13.8. The Hall–Kier alpha value is -2.37. The Morgan fingerprint density at radius 2 is 2.21 bits per heavy atom. The summed E-state index contributed by atoms with van der Waals surface area (Å²) in [4.78, 5) is 27.5. The maximum atomic E-state index is 11.9. The molecule has 0 aliphatic carbocycles. The number of hydrogen-bond donors (Lipinski definition) is 2. The van der Waals surface area contributed by atoms with Crippen molar-refractivity contribution in [2.75, 3.05) is 5.32 Å². The van der Waals surface area contributed by atoms with E-state index in [0.29, 0.717) is 5.69 Å². The minimum Gasteiger partial charge on any atom is -0.477 e. The van der Waals surface area contributed by atoms with Crippen LogP contribution < -0.4 is 5.32 Å². The van der Waals surface area contributed by atoms with Crippen molar-refractivity contribution in [3.63, 3.8) is 0 Å². The molecule has 2 N–H and O–H groups in total. The van der Waals surface area contributed by atoms with E-state index in [1.165, 1.54) is 0 Å². The Balaban J connectivity index is 2.01. The van der Waals surface area contributed by atoms with Crippen molar-refractivity contribution in [3.05, 3.63) is 29.8 Å². The zero-order valence-corrected chi connectivity index (χ0v) is 10.4. The van der Waals surface area contributed by atoms with Gasteiger partial charge in [-0.1, -0.05) is 30.3 Å². The Morgan fingerprint density at radius 1 is 1.47 bits per heavy atom. The summed E-state index contributed by atoms with van der Waals surface area (Å²) in [5, 5.41) is 14.9. The number of aliphatic carboxylic acids is 1. The molecule has 6 heteroatoms. The van der Waals surface area contributed by atoms with E-state index in [0.717, 1.165) is 12.0 Å². The second-order valence-corrected chi connectivity index (χ2v) is 4.14. The Morgan fingerprint density at radius 3 is 2.84 bits per heavy atom.